The second-order valence-electron chi connectivity index (χ2n) is 6.12. The molecule has 0 aliphatic rings. The van der Waals surface area contributed by atoms with Crippen molar-refractivity contribution in [3.05, 3.63) is 64.0 Å². The van der Waals surface area contributed by atoms with Gasteiger partial charge in [-0.15, -0.1) is 0 Å². The van der Waals surface area contributed by atoms with Crippen LogP contribution in [0.4, 0.5) is 0 Å². The van der Waals surface area contributed by atoms with Crippen molar-refractivity contribution in [2.75, 3.05) is 6.61 Å². The zero-order valence-electron chi connectivity index (χ0n) is 15.4. The van der Waals surface area contributed by atoms with Crippen LogP contribution < -0.4 is 14.9 Å². The van der Waals surface area contributed by atoms with E-state index in [-0.39, 0.29) is 23.9 Å². The molecule has 0 aliphatic heterocycles. The highest BCUT2D eigenvalue weighted by Gasteiger charge is 2.13. The van der Waals surface area contributed by atoms with Gasteiger partial charge in [0.25, 0.3) is 0 Å². The SMILES string of the molecule is CC[C@H](C)OC(=O)COc1ccc2c(=O)c(Oc3ccccc3Cl)coc2c1. The molecule has 146 valence electrons. The highest BCUT2D eigenvalue weighted by Crippen LogP contribution is 2.28. The quantitative estimate of drug-likeness (QED) is 0.520. The topological polar surface area (TPSA) is 75.0 Å². The molecule has 1 atom stereocenters. The fourth-order valence-corrected chi connectivity index (χ4v) is 2.56. The number of hydrogen-bond donors (Lipinski definition) is 0. The normalized spacial score (nSPS) is 11.8. The second kappa shape index (κ2) is 8.80. The molecule has 1 aromatic heterocycles. The Morgan fingerprint density at radius 3 is 2.71 bits per heavy atom. The summed E-state index contributed by atoms with van der Waals surface area (Å²) in [7, 11) is 0. The van der Waals surface area contributed by atoms with Gasteiger partial charge in [-0.05, 0) is 37.6 Å². The van der Waals surface area contributed by atoms with Crippen LogP contribution in [0.5, 0.6) is 17.2 Å². The molecule has 28 heavy (non-hydrogen) atoms. The highest BCUT2D eigenvalue weighted by atomic mass is 35.5. The Kier molecular flexibility index (Phi) is 6.21. The second-order valence-corrected chi connectivity index (χ2v) is 6.52. The van der Waals surface area contributed by atoms with E-state index in [1.165, 1.54) is 12.3 Å². The number of para-hydroxylation sites is 1. The molecule has 3 rings (SSSR count). The van der Waals surface area contributed by atoms with Gasteiger partial charge in [0, 0.05) is 6.07 Å². The van der Waals surface area contributed by atoms with Gasteiger partial charge in [-0.2, -0.15) is 0 Å². The standard InChI is InChI=1S/C21H19ClO6/c1-3-13(2)27-20(23)12-25-14-8-9-15-18(10-14)26-11-19(21(15)24)28-17-7-5-4-6-16(17)22/h4-11,13H,3,12H2,1-2H3/t13-/m0/s1. The van der Waals surface area contributed by atoms with E-state index < -0.39 is 5.97 Å². The highest BCUT2D eigenvalue weighted by molar-refractivity contribution is 6.32. The first-order chi connectivity index (χ1) is 13.5. The van der Waals surface area contributed by atoms with E-state index in [9.17, 15) is 9.59 Å². The number of halogens is 1. The predicted molar refractivity (Wildman–Crippen MR) is 105 cm³/mol. The van der Waals surface area contributed by atoms with Gasteiger partial charge in [0.1, 0.15) is 23.3 Å². The molecule has 0 radical (unpaired) electrons. The predicted octanol–water partition coefficient (Wildman–Crippen LogP) is 4.96. The third-order valence-electron chi connectivity index (χ3n) is 4.04. The summed E-state index contributed by atoms with van der Waals surface area (Å²) < 4.78 is 21.6. The fraction of sp³-hybridized carbons (Fsp3) is 0.238. The molecule has 3 aromatic rings. The van der Waals surface area contributed by atoms with Crippen molar-refractivity contribution in [2.24, 2.45) is 0 Å². The van der Waals surface area contributed by atoms with E-state index in [0.717, 1.165) is 6.42 Å². The first-order valence-corrected chi connectivity index (χ1v) is 9.16. The lowest BCUT2D eigenvalue weighted by molar-refractivity contribution is -0.150. The first-order valence-electron chi connectivity index (χ1n) is 8.78. The third kappa shape index (κ3) is 4.64. The van der Waals surface area contributed by atoms with E-state index in [1.807, 2.05) is 13.8 Å². The third-order valence-corrected chi connectivity index (χ3v) is 4.35. The van der Waals surface area contributed by atoms with Gasteiger partial charge in [0.05, 0.1) is 16.5 Å². The average Bonchev–Trinajstić information content (AvgIpc) is 2.70. The van der Waals surface area contributed by atoms with Gasteiger partial charge in [0.15, 0.2) is 6.61 Å². The van der Waals surface area contributed by atoms with Crippen LogP contribution in [-0.2, 0) is 9.53 Å². The molecule has 1 heterocycles. The lowest BCUT2D eigenvalue weighted by atomic mass is 10.2. The summed E-state index contributed by atoms with van der Waals surface area (Å²) in [6.07, 6.45) is 1.78. The van der Waals surface area contributed by atoms with Crippen molar-refractivity contribution in [1.82, 2.24) is 0 Å². The van der Waals surface area contributed by atoms with E-state index in [2.05, 4.69) is 0 Å². The lowest BCUT2D eigenvalue weighted by Crippen LogP contribution is -2.20. The number of rotatable bonds is 7. The zero-order chi connectivity index (χ0) is 20.1. The monoisotopic (exact) mass is 402 g/mol. The number of carbonyl (C=O) groups excluding carboxylic acids is 1. The van der Waals surface area contributed by atoms with Crippen LogP contribution in [0.15, 0.2) is 57.9 Å². The van der Waals surface area contributed by atoms with Crippen LogP contribution in [0, 0.1) is 0 Å². The van der Waals surface area contributed by atoms with Gasteiger partial charge in [-0.1, -0.05) is 30.7 Å². The Morgan fingerprint density at radius 1 is 1.18 bits per heavy atom. The van der Waals surface area contributed by atoms with Crippen LogP contribution in [0.3, 0.4) is 0 Å². The van der Waals surface area contributed by atoms with Crippen molar-refractivity contribution in [3.8, 4) is 17.2 Å². The summed E-state index contributed by atoms with van der Waals surface area (Å²) in [5.41, 5.74) is -0.0341. The average molecular weight is 403 g/mol. The maximum absolute atomic E-state index is 12.6. The smallest absolute Gasteiger partial charge is 0.344 e. The summed E-state index contributed by atoms with van der Waals surface area (Å²) >= 11 is 6.05. The Morgan fingerprint density at radius 2 is 1.96 bits per heavy atom. The minimum absolute atomic E-state index is 0.0198. The number of ether oxygens (including phenoxy) is 3. The van der Waals surface area contributed by atoms with Crippen LogP contribution in [0.2, 0.25) is 5.02 Å². The Bertz CT molecular complexity index is 1040. The van der Waals surface area contributed by atoms with Crippen molar-refractivity contribution in [1.29, 1.82) is 0 Å². The molecule has 0 spiro atoms. The van der Waals surface area contributed by atoms with Crippen LogP contribution >= 0.6 is 11.6 Å². The van der Waals surface area contributed by atoms with Crippen molar-refractivity contribution >= 4 is 28.5 Å². The van der Waals surface area contributed by atoms with Gasteiger partial charge in [-0.3, -0.25) is 4.79 Å². The van der Waals surface area contributed by atoms with Crippen molar-refractivity contribution < 1.29 is 23.4 Å². The molecule has 0 saturated carbocycles. The molecule has 7 heteroatoms. The summed E-state index contributed by atoms with van der Waals surface area (Å²) in [6.45, 7) is 3.51. The largest absolute Gasteiger partial charge is 0.482 e. The number of fused-ring (bicyclic) bond motifs is 1. The van der Waals surface area contributed by atoms with Crippen LogP contribution in [0.1, 0.15) is 20.3 Å². The van der Waals surface area contributed by atoms with Gasteiger partial charge < -0.3 is 18.6 Å². The molecule has 0 N–H and O–H groups in total. The summed E-state index contributed by atoms with van der Waals surface area (Å²) in [4.78, 5) is 24.3. The summed E-state index contributed by atoms with van der Waals surface area (Å²) in [5.74, 6) is 0.304. The molecule has 6 nitrogen and oxygen atoms in total. The molecule has 0 bridgehead atoms. The number of benzene rings is 2. The van der Waals surface area contributed by atoms with Gasteiger partial charge in [-0.25, -0.2) is 4.79 Å². The molecule has 0 unspecified atom stereocenters. The molecule has 2 aromatic carbocycles. The molecule has 0 aliphatic carbocycles. The molecule has 0 fully saturated rings. The van der Waals surface area contributed by atoms with E-state index in [4.69, 9.17) is 30.2 Å². The molecule has 0 amide bonds. The Balaban J connectivity index is 1.76. The van der Waals surface area contributed by atoms with Gasteiger partial charge >= 0.3 is 5.97 Å². The van der Waals surface area contributed by atoms with E-state index in [1.54, 1.807) is 36.4 Å². The van der Waals surface area contributed by atoms with Crippen LogP contribution in [-0.4, -0.2) is 18.7 Å². The van der Waals surface area contributed by atoms with Crippen molar-refractivity contribution in [2.45, 2.75) is 26.4 Å². The Labute approximate surface area is 166 Å². The summed E-state index contributed by atoms with van der Waals surface area (Å²) in [6, 6.07) is 11.5. The number of esters is 1. The molecular formula is C21H19ClO6. The first kappa shape index (κ1) is 19.8. The van der Waals surface area contributed by atoms with Crippen molar-refractivity contribution in [3.63, 3.8) is 0 Å². The van der Waals surface area contributed by atoms with E-state index >= 15 is 0 Å². The lowest BCUT2D eigenvalue weighted by Gasteiger charge is -2.11. The summed E-state index contributed by atoms with van der Waals surface area (Å²) in [5, 5.41) is 0.703. The number of carbonyl (C=O) groups is 1. The van der Waals surface area contributed by atoms with Gasteiger partial charge in [0.2, 0.25) is 11.2 Å². The van der Waals surface area contributed by atoms with Crippen LogP contribution in [0.25, 0.3) is 11.0 Å². The minimum atomic E-state index is -0.459. The van der Waals surface area contributed by atoms with E-state index in [0.29, 0.717) is 27.5 Å². The maximum Gasteiger partial charge on any atom is 0.344 e. The maximum atomic E-state index is 12.6. The molecular weight excluding hydrogens is 384 g/mol. The molecule has 0 saturated heterocycles. The number of hydrogen-bond acceptors (Lipinski definition) is 6. The Hall–Kier alpha value is -2.99. The minimum Gasteiger partial charge on any atom is -0.482 e. The zero-order valence-corrected chi connectivity index (χ0v) is 16.2. The fourth-order valence-electron chi connectivity index (χ4n) is 2.38.